The molecule has 198 valence electrons. The normalized spacial score (nSPS) is 16.9. The van der Waals surface area contributed by atoms with Crippen molar-refractivity contribution in [2.45, 2.75) is 53.7 Å². The molecule has 0 aromatic heterocycles. The molecule has 6 nitrogen and oxygen atoms in total. The second-order valence-electron chi connectivity index (χ2n) is 10.4. The van der Waals surface area contributed by atoms with Crippen LogP contribution in [-0.4, -0.2) is 29.5 Å². The summed E-state index contributed by atoms with van der Waals surface area (Å²) in [5.74, 6) is 0.133. The highest BCUT2D eigenvalue weighted by Crippen LogP contribution is 2.43. The Balaban J connectivity index is 1.81. The lowest BCUT2D eigenvalue weighted by molar-refractivity contribution is -0.132. The van der Waals surface area contributed by atoms with Gasteiger partial charge in [-0.1, -0.05) is 43.7 Å². The van der Waals surface area contributed by atoms with Gasteiger partial charge in [-0.2, -0.15) is 0 Å². The predicted octanol–water partition coefficient (Wildman–Crippen LogP) is 6.75. The molecule has 4 rings (SSSR count). The van der Waals surface area contributed by atoms with Crippen molar-refractivity contribution in [2.75, 3.05) is 11.5 Å². The van der Waals surface area contributed by atoms with Crippen LogP contribution < -0.4 is 14.4 Å². The van der Waals surface area contributed by atoms with E-state index >= 15 is 0 Å². The Morgan fingerprint density at radius 1 is 0.947 bits per heavy atom. The number of anilines is 1. The highest BCUT2D eigenvalue weighted by Gasteiger charge is 2.47. The standard InChI is InChI=1S/C32H35NO5/c1-19(2)18-37-26-13-11-25(12-14-26)33-29(23-9-7-8-21(5)16-23)28(31(35)32(33)36)30(34)24-10-15-27(22(6)17-24)38-20(3)4/h7-17,19-20,29,34H,18H2,1-6H3/b30-28-. The molecule has 1 heterocycles. The molecule has 1 fully saturated rings. The van der Waals surface area contributed by atoms with Crippen molar-refractivity contribution in [2.24, 2.45) is 5.92 Å². The highest BCUT2D eigenvalue weighted by atomic mass is 16.5. The number of aliphatic hydroxyl groups excluding tert-OH is 1. The van der Waals surface area contributed by atoms with Crippen molar-refractivity contribution < 1.29 is 24.2 Å². The zero-order valence-electron chi connectivity index (χ0n) is 22.8. The Morgan fingerprint density at radius 2 is 1.66 bits per heavy atom. The number of nitrogens with zero attached hydrogens (tertiary/aromatic N) is 1. The molecule has 1 unspecified atom stereocenters. The smallest absolute Gasteiger partial charge is 0.300 e. The highest BCUT2D eigenvalue weighted by molar-refractivity contribution is 6.51. The van der Waals surface area contributed by atoms with Gasteiger partial charge in [0.2, 0.25) is 0 Å². The van der Waals surface area contributed by atoms with Crippen LogP contribution in [0, 0.1) is 19.8 Å². The van der Waals surface area contributed by atoms with Crippen LogP contribution in [0.5, 0.6) is 11.5 Å². The van der Waals surface area contributed by atoms with Crippen LogP contribution in [0.3, 0.4) is 0 Å². The molecule has 0 saturated carbocycles. The van der Waals surface area contributed by atoms with E-state index in [-0.39, 0.29) is 17.4 Å². The van der Waals surface area contributed by atoms with Crippen LogP contribution in [0.1, 0.15) is 56.0 Å². The zero-order chi connectivity index (χ0) is 27.6. The number of aryl methyl sites for hydroxylation is 2. The van der Waals surface area contributed by atoms with Gasteiger partial charge in [0.25, 0.3) is 11.7 Å². The molecule has 0 bridgehead atoms. The van der Waals surface area contributed by atoms with E-state index in [9.17, 15) is 14.7 Å². The summed E-state index contributed by atoms with van der Waals surface area (Å²) in [6.07, 6.45) is 0.00181. The number of rotatable bonds is 8. The van der Waals surface area contributed by atoms with Crippen molar-refractivity contribution in [1.29, 1.82) is 0 Å². The van der Waals surface area contributed by atoms with Crippen LogP contribution in [0.2, 0.25) is 0 Å². The van der Waals surface area contributed by atoms with Crippen LogP contribution in [0.25, 0.3) is 5.76 Å². The molecule has 0 aliphatic carbocycles. The number of amides is 1. The maximum atomic E-state index is 13.5. The van der Waals surface area contributed by atoms with E-state index in [0.29, 0.717) is 35.3 Å². The Kier molecular flexibility index (Phi) is 7.91. The van der Waals surface area contributed by atoms with Crippen LogP contribution in [0.4, 0.5) is 5.69 Å². The van der Waals surface area contributed by atoms with Gasteiger partial charge in [0, 0.05) is 11.3 Å². The van der Waals surface area contributed by atoms with Gasteiger partial charge < -0.3 is 14.6 Å². The van der Waals surface area contributed by atoms with Gasteiger partial charge in [-0.15, -0.1) is 0 Å². The molecule has 3 aromatic carbocycles. The van der Waals surface area contributed by atoms with Gasteiger partial charge in [-0.05, 0) is 87.2 Å². The van der Waals surface area contributed by atoms with Gasteiger partial charge in [0.05, 0.1) is 24.3 Å². The fourth-order valence-corrected chi connectivity index (χ4v) is 4.56. The topological polar surface area (TPSA) is 76.1 Å². The van der Waals surface area contributed by atoms with Crippen LogP contribution >= 0.6 is 0 Å². The summed E-state index contributed by atoms with van der Waals surface area (Å²) in [6, 6.07) is 19.2. The molecule has 1 aliphatic heterocycles. The summed E-state index contributed by atoms with van der Waals surface area (Å²) in [4.78, 5) is 28.4. The fraction of sp³-hybridized carbons (Fsp3) is 0.312. The van der Waals surface area contributed by atoms with Gasteiger partial charge >= 0.3 is 0 Å². The molecular formula is C32H35NO5. The van der Waals surface area contributed by atoms with Gasteiger partial charge in [0.15, 0.2) is 0 Å². The minimum absolute atomic E-state index is 0.00181. The molecule has 1 saturated heterocycles. The largest absolute Gasteiger partial charge is 0.507 e. The van der Waals surface area contributed by atoms with Crippen molar-refractivity contribution in [1.82, 2.24) is 0 Å². The number of benzene rings is 3. The van der Waals surface area contributed by atoms with Crippen molar-refractivity contribution in [3.05, 3.63) is 94.6 Å². The lowest BCUT2D eigenvalue weighted by Crippen LogP contribution is -2.29. The van der Waals surface area contributed by atoms with Crippen LogP contribution in [0.15, 0.2) is 72.3 Å². The second-order valence-corrected chi connectivity index (χ2v) is 10.4. The van der Waals surface area contributed by atoms with E-state index in [2.05, 4.69) is 13.8 Å². The van der Waals surface area contributed by atoms with Gasteiger partial charge in [0.1, 0.15) is 17.3 Å². The third-order valence-electron chi connectivity index (χ3n) is 6.31. The average Bonchev–Trinajstić information content (AvgIpc) is 3.14. The Hall–Kier alpha value is -4.06. The Morgan fingerprint density at radius 3 is 2.26 bits per heavy atom. The predicted molar refractivity (Wildman–Crippen MR) is 150 cm³/mol. The molecular weight excluding hydrogens is 478 g/mol. The van der Waals surface area contributed by atoms with E-state index in [4.69, 9.17) is 9.47 Å². The number of aliphatic hydroxyl groups is 1. The van der Waals surface area contributed by atoms with Crippen molar-refractivity contribution >= 4 is 23.1 Å². The zero-order valence-corrected chi connectivity index (χ0v) is 22.8. The SMILES string of the molecule is Cc1cccc(C2/C(=C(/O)c3ccc(OC(C)C)c(C)c3)C(=O)C(=O)N2c2ccc(OCC(C)C)cc2)c1. The summed E-state index contributed by atoms with van der Waals surface area (Å²) in [6.45, 7) is 12.4. The van der Waals surface area contributed by atoms with Gasteiger partial charge in [-0.3, -0.25) is 14.5 Å². The Bertz CT molecular complexity index is 1370. The van der Waals surface area contributed by atoms with Crippen LogP contribution in [-0.2, 0) is 9.59 Å². The minimum atomic E-state index is -0.788. The average molecular weight is 514 g/mol. The molecule has 3 aromatic rings. The third kappa shape index (κ3) is 5.59. The molecule has 6 heteroatoms. The number of carbonyl (C=O) groups excluding carboxylic acids is 2. The molecule has 1 N–H and O–H groups in total. The summed E-state index contributed by atoms with van der Waals surface area (Å²) in [5, 5.41) is 11.5. The molecule has 1 amide bonds. The minimum Gasteiger partial charge on any atom is -0.507 e. The van der Waals surface area contributed by atoms with E-state index in [1.54, 1.807) is 42.5 Å². The lowest BCUT2D eigenvalue weighted by Gasteiger charge is -2.26. The number of Topliss-reactive ketones (excluding diaryl/α,β-unsaturated/α-hetero) is 1. The summed E-state index contributed by atoms with van der Waals surface area (Å²) >= 11 is 0. The molecule has 1 atom stereocenters. The number of ketones is 1. The van der Waals surface area contributed by atoms with E-state index in [1.165, 1.54) is 4.90 Å². The molecule has 1 aliphatic rings. The summed E-state index contributed by atoms with van der Waals surface area (Å²) < 4.78 is 11.6. The molecule has 0 radical (unpaired) electrons. The summed E-state index contributed by atoms with van der Waals surface area (Å²) in [5.41, 5.74) is 3.59. The summed E-state index contributed by atoms with van der Waals surface area (Å²) in [7, 11) is 0. The first-order valence-electron chi connectivity index (χ1n) is 12.9. The van der Waals surface area contributed by atoms with E-state index in [0.717, 1.165) is 16.7 Å². The number of carbonyl (C=O) groups is 2. The van der Waals surface area contributed by atoms with Crippen molar-refractivity contribution in [3.8, 4) is 11.5 Å². The van der Waals surface area contributed by atoms with E-state index in [1.807, 2.05) is 52.0 Å². The maximum absolute atomic E-state index is 13.5. The number of hydrogen-bond donors (Lipinski definition) is 1. The van der Waals surface area contributed by atoms with Crippen molar-refractivity contribution in [3.63, 3.8) is 0 Å². The number of ether oxygens (including phenoxy) is 2. The quantitative estimate of drug-likeness (QED) is 0.205. The lowest BCUT2D eigenvalue weighted by atomic mass is 9.94. The fourth-order valence-electron chi connectivity index (χ4n) is 4.56. The Labute approximate surface area is 224 Å². The third-order valence-corrected chi connectivity index (χ3v) is 6.31. The molecule has 0 spiro atoms. The first kappa shape index (κ1) is 27.0. The van der Waals surface area contributed by atoms with Gasteiger partial charge in [-0.25, -0.2) is 0 Å². The first-order chi connectivity index (χ1) is 18.1. The molecule has 38 heavy (non-hydrogen) atoms. The monoisotopic (exact) mass is 513 g/mol. The second kappa shape index (κ2) is 11.1. The number of hydrogen-bond acceptors (Lipinski definition) is 5. The van der Waals surface area contributed by atoms with E-state index < -0.39 is 17.7 Å². The maximum Gasteiger partial charge on any atom is 0.300 e. The first-order valence-corrected chi connectivity index (χ1v) is 12.9.